The fourth-order valence-corrected chi connectivity index (χ4v) is 5.41. The molecule has 0 radical (unpaired) electrons. The van der Waals surface area contributed by atoms with Crippen LogP contribution in [0.4, 0.5) is 5.69 Å². The van der Waals surface area contributed by atoms with Crippen LogP contribution >= 0.6 is 0 Å². The Labute approximate surface area is 225 Å². The Morgan fingerprint density at radius 1 is 0.947 bits per heavy atom. The lowest BCUT2D eigenvalue weighted by atomic mass is 10.0. The Morgan fingerprint density at radius 2 is 1.71 bits per heavy atom. The van der Waals surface area contributed by atoms with E-state index in [2.05, 4.69) is 52.4 Å². The molecule has 5 rings (SSSR count). The van der Waals surface area contributed by atoms with Gasteiger partial charge in [-0.2, -0.15) is 0 Å². The first-order chi connectivity index (χ1) is 18.7. The molecule has 38 heavy (non-hydrogen) atoms. The summed E-state index contributed by atoms with van der Waals surface area (Å²) in [4.78, 5) is 18.0. The molecule has 0 bridgehead atoms. The summed E-state index contributed by atoms with van der Waals surface area (Å²) >= 11 is 0. The molecule has 0 saturated carbocycles. The second-order valence-corrected chi connectivity index (χ2v) is 9.81. The van der Waals surface area contributed by atoms with E-state index in [0.29, 0.717) is 17.7 Å². The van der Waals surface area contributed by atoms with E-state index in [4.69, 9.17) is 9.15 Å². The molecular formula is C32H37N3O3. The molecule has 1 aliphatic heterocycles. The molecule has 0 spiro atoms. The Kier molecular flexibility index (Phi) is 8.29. The zero-order valence-corrected chi connectivity index (χ0v) is 22.4. The van der Waals surface area contributed by atoms with Gasteiger partial charge >= 0.3 is 0 Å². The summed E-state index contributed by atoms with van der Waals surface area (Å²) < 4.78 is 11.9. The van der Waals surface area contributed by atoms with E-state index in [0.717, 1.165) is 74.6 Å². The standard InChI is InChI=1S/C32H37N3O3/c1-3-25-26-13-9-14-27(31(26)38-30(25)23-24-11-5-4-6-12-24)32(36)33-17-10-18-34-19-21-35(22-20-34)28-15-7-8-16-29(28)37-2/h4-9,11-16H,3,10,17-23H2,1-2H3,(H,33,36). The first-order valence-corrected chi connectivity index (χ1v) is 13.6. The van der Waals surface area contributed by atoms with Gasteiger partial charge in [0.1, 0.15) is 17.1 Å². The normalized spacial score (nSPS) is 14.1. The van der Waals surface area contributed by atoms with Gasteiger partial charge in [0.05, 0.1) is 18.4 Å². The van der Waals surface area contributed by atoms with Gasteiger partial charge in [0.15, 0.2) is 0 Å². The number of carbonyl (C=O) groups is 1. The maximum Gasteiger partial charge on any atom is 0.255 e. The third-order valence-corrected chi connectivity index (χ3v) is 7.44. The lowest BCUT2D eigenvalue weighted by Crippen LogP contribution is -2.47. The molecule has 6 nitrogen and oxygen atoms in total. The molecule has 1 aromatic heterocycles. The fourth-order valence-electron chi connectivity index (χ4n) is 5.41. The largest absolute Gasteiger partial charge is 0.495 e. The van der Waals surface area contributed by atoms with Crippen molar-refractivity contribution in [3.05, 3.63) is 95.2 Å². The summed E-state index contributed by atoms with van der Waals surface area (Å²) in [5.74, 6) is 1.80. The number of ether oxygens (including phenoxy) is 1. The van der Waals surface area contributed by atoms with Gasteiger partial charge in [-0.05, 0) is 43.1 Å². The SMILES string of the molecule is CCc1c(Cc2ccccc2)oc2c(C(=O)NCCCN3CCN(c4ccccc4OC)CC3)cccc12. The summed E-state index contributed by atoms with van der Waals surface area (Å²) in [6.07, 6.45) is 2.50. The number of benzene rings is 3. The number of nitrogens with one attached hydrogen (secondary N) is 1. The van der Waals surface area contributed by atoms with E-state index >= 15 is 0 Å². The summed E-state index contributed by atoms with van der Waals surface area (Å²) in [6.45, 7) is 7.69. The molecule has 1 fully saturated rings. The van der Waals surface area contributed by atoms with Gasteiger partial charge in [0.25, 0.3) is 5.91 Å². The van der Waals surface area contributed by atoms with Crippen molar-refractivity contribution < 1.29 is 13.9 Å². The molecule has 0 aliphatic carbocycles. The molecule has 2 heterocycles. The van der Waals surface area contributed by atoms with E-state index in [1.807, 2.05) is 42.5 Å². The first-order valence-electron chi connectivity index (χ1n) is 13.6. The van der Waals surface area contributed by atoms with Crippen molar-refractivity contribution in [1.29, 1.82) is 0 Å². The molecule has 1 saturated heterocycles. The smallest absolute Gasteiger partial charge is 0.255 e. The molecule has 0 unspecified atom stereocenters. The van der Waals surface area contributed by atoms with Crippen LogP contribution in [-0.4, -0.2) is 57.2 Å². The Bertz CT molecular complexity index is 1360. The number of hydrogen-bond acceptors (Lipinski definition) is 5. The molecular weight excluding hydrogens is 474 g/mol. The van der Waals surface area contributed by atoms with Crippen molar-refractivity contribution in [2.24, 2.45) is 0 Å². The minimum absolute atomic E-state index is 0.0701. The second kappa shape index (κ2) is 12.2. The molecule has 1 N–H and O–H groups in total. The van der Waals surface area contributed by atoms with Crippen LogP contribution in [0.3, 0.4) is 0 Å². The minimum atomic E-state index is -0.0701. The lowest BCUT2D eigenvalue weighted by Gasteiger charge is -2.36. The zero-order valence-electron chi connectivity index (χ0n) is 22.4. The number of piperazine rings is 1. The van der Waals surface area contributed by atoms with Crippen LogP contribution in [0, 0.1) is 0 Å². The lowest BCUT2D eigenvalue weighted by molar-refractivity contribution is 0.0952. The Balaban J connectivity index is 1.15. The van der Waals surface area contributed by atoms with Crippen LogP contribution in [0.2, 0.25) is 0 Å². The number of methoxy groups -OCH3 is 1. The Hall–Kier alpha value is -3.77. The number of aryl methyl sites for hydroxylation is 1. The summed E-state index contributed by atoms with van der Waals surface area (Å²) in [7, 11) is 1.72. The number of fused-ring (bicyclic) bond motifs is 1. The van der Waals surface area contributed by atoms with Crippen LogP contribution in [0.1, 0.15) is 40.6 Å². The van der Waals surface area contributed by atoms with Gasteiger partial charge in [-0.1, -0.05) is 61.5 Å². The highest BCUT2D eigenvalue weighted by molar-refractivity contribution is 6.05. The zero-order chi connectivity index (χ0) is 26.3. The van der Waals surface area contributed by atoms with Crippen molar-refractivity contribution in [2.75, 3.05) is 51.3 Å². The third kappa shape index (κ3) is 5.70. The van der Waals surface area contributed by atoms with E-state index in [9.17, 15) is 4.79 Å². The van der Waals surface area contributed by atoms with Crippen molar-refractivity contribution in [1.82, 2.24) is 10.2 Å². The van der Waals surface area contributed by atoms with Crippen LogP contribution in [0.5, 0.6) is 5.75 Å². The van der Waals surface area contributed by atoms with Crippen LogP contribution < -0.4 is 15.0 Å². The van der Waals surface area contributed by atoms with Crippen molar-refractivity contribution in [2.45, 2.75) is 26.2 Å². The minimum Gasteiger partial charge on any atom is -0.495 e. The van der Waals surface area contributed by atoms with Crippen molar-refractivity contribution in [3.63, 3.8) is 0 Å². The van der Waals surface area contributed by atoms with Gasteiger partial charge in [0.2, 0.25) is 0 Å². The van der Waals surface area contributed by atoms with Gasteiger partial charge in [-0.15, -0.1) is 0 Å². The van der Waals surface area contributed by atoms with Gasteiger partial charge in [-0.25, -0.2) is 0 Å². The predicted molar refractivity (Wildman–Crippen MR) is 153 cm³/mol. The number of para-hydroxylation sites is 3. The number of furan rings is 1. The number of carbonyl (C=O) groups excluding carboxylic acids is 1. The van der Waals surface area contributed by atoms with Crippen LogP contribution in [0.25, 0.3) is 11.0 Å². The van der Waals surface area contributed by atoms with Crippen molar-refractivity contribution in [3.8, 4) is 5.75 Å². The fraction of sp³-hybridized carbons (Fsp3) is 0.344. The molecule has 1 aliphatic rings. The van der Waals surface area contributed by atoms with E-state index in [1.165, 1.54) is 11.1 Å². The average Bonchev–Trinajstić information content (AvgIpc) is 3.33. The summed E-state index contributed by atoms with van der Waals surface area (Å²) in [5.41, 5.74) is 4.86. The van der Waals surface area contributed by atoms with Gasteiger partial charge in [0, 0.05) is 50.1 Å². The number of hydrogen-bond donors (Lipinski definition) is 1. The third-order valence-electron chi connectivity index (χ3n) is 7.44. The maximum absolute atomic E-state index is 13.1. The number of nitrogens with zero attached hydrogens (tertiary/aromatic N) is 2. The topological polar surface area (TPSA) is 58.0 Å². The first kappa shape index (κ1) is 25.9. The van der Waals surface area contributed by atoms with Crippen LogP contribution in [0.15, 0.2) is 77.2 Å². The summed E-state index contributed by atoms with van der Waals surface area (Å²) in [5, 5.41) is 4.17. The molecule has 3 aromatic carbocycles. The van der Waals surface area contributed by atoms with E-state index < -0.39 is 0 Å². The monoisotopic (exact) mass is 511 g/mol. The highest BCUT2D eigenvalue weighted by atomic mass is 16.5. The highest BCUT2D eigenvalue weighted by Crippen LogP contribution is 2.31. The predicted octanol–water partition coefficient (Wildman–Crippen LogP) is 5.54. The molecule has 4 aromatic rings. The molecule has 198 valence electrons. The van der Waals surface area contributed by atoms with Crippen LogP contribution in [-0.2, 0) is 12.8 Å². The Morgan fingerprint density at radius 3 is 2.47 bits per heavy atom. The molecule has 0 atom stereocenters. The van der Waals surface area contributed by atoms with Gasteiger partial charge in [-0.3, -0.25) is 9.69 Å². The highest BCUT2D eigenvalue weighted by Gasteiger charge is 2.21. The second-order valence-electron chi connectivity index (χ2n) is 9.81. The van der Waals surface area contributed by atoms with E-state index in [-0.39, 0.29) is 5.91 Å². The van der Waals surface area contributed by atoms with E-state index in [1.54, 1.807) is 7.11 Å². The number of amides is 1. The molecule has 1 amide bonds. The number of rotatable bonds is 10. The van der Waals surface area contributed by atoms with Gasteiger partial charge < -0.3 is 19.4 Å². The number of anilines is 1. The molecule has 6 heteroatoms. The van der Waals surface area contributed by atoms with Crippen molar-refractivity contribution >= 4 is 22.6 Å². The quantitative estimate of drug-likeness (QED) is 0.284. The maximum atomic E-state index is 13.1. The summed E-state index contributed by atoms with van der Waals surface area (Å²) in [6, 6.07) is 24.4. The average molecular weight is 512 g/mol.